The molecule has 0 fully saturated rings. The van der Waals surface area contributed by atoms with Crippen LogP contribution in [0.15, 0.2) is 152 Å². The first kappa shape index (κ1) is 41.2. The van der Waals surface area contributed by atoms with E-state index in [-0.39, 0.29) is 27.4 Å². The Labute approximate surface area is 352 Å². The molecular weight excluding hydrogens is 719 g/mol. The van der Waals surface area contributed by atoms with Gasteiger partial charge in [0.2, 0.25) is 0 Å². The highest BCUT2D eigenvalue weighted by Crippen LogP contribution is 2.43. The Bertz CT molecular complexity index is 2550. The molecule has 59 heavy (non-hydrogen) atoms. The van der Waals surface area contributed by atoms with Crippen LogP contribution in [-0.2, 0) is 21.7 Å². The monoisotopic (exact) mass is 777 g/mol. The van der Waals surface area contributed by atoms with Crippen LogP contribution in [0.4, 0.5) is 17.2 Å². The summed E-state index contributed by atoms with van der Waals surface area (Å²) in [6.45, 7) is 25.0. The first-order valence-corrected chi connectivity index (χ1v) is 20.8. The second-order valence-electron chi connectivity index (χ2n) is 19.5. The van der Waals surface area contributed by atoms with Crippen molar-refractivity contribution in [3.05, 3.63) is 180 Å². The molecule has 2 heterocycles. The lowest BCUT2D eigenvalue weighted by molar-refractivity contribution is 0.477. The molecule has 0 aliphatic rings. The van der Waals surface area contributed by atoms with E-state index in [9.17, 15) is 5.11 Å². The SMILES string of the molecule is CC(C)(C)c1cc(-c2cc(-c3cccc(C(C)(C)c4ccccc4)c3)cc(-c3ccccc3O)n2)cc(N(c2cc(C(C)(C)C)cc(C(C)(C)C)c2)c2ccccn2)c1. The van der Waals surface area contributed by atoms with Gasteiger partial charge in [-0.15, -0.1) is 0 Å². The molecule has 300 valence electrons. The van der Waals surface area contributed by atoms with Crippen LogP contribution in [0.2, 0.25) is 0 Å². The van der Waals surface area contributed by atoms with Crippen molar-refractivity contribution in [2.75, 3.05) is 4.90 Å². The van der Waals surface area contributed by atoms with Gasteiger partial charge in [0.15, 0.2) is 0 Å². The molecule has 0 spiro atoms. The lowest BCUT2D eigenvalue weighted by atomic mass is 9.77. The number of phenols is 1. The van der Waals surface area contributed by atoms with Gasteiger partial charge in [-0.2, -0.15) is 0 Å². The molecule has 1 N–H and O–H groups in total. The normalized spacial score (nSPS) is 12.4. The molecule has 0 atom stereocenters. The Morgan fingerprint density at radius 1 is 0.424 bits per heavy atom. The van der Waals surface area contributed by atoms with E-state index >= 15 is 0 Å². The van der Waals surface area contributed by atoms with Gasteiger partial charge >= 0.3 is 0 Å². The van der Waals surface area contributed by atoms with Crippen molar-refractivity contribution >= 4 is 17.2 Å². The zero-order valence-corrected chi connectivity index (χ0v) is 36.7. The molecule has 2 aromatic heterocycles. The van der Waals surface area contributed by atoms with Gasteiger partial charge in [0.05, 0.1) is 11.4 Å². The van der Waals surface area contributed by atoms with E-state index in [1.807, 2.05) is 30.5 Å². The topological polar surface area (TPSA) is 49.3 Å². The van der Waals surface area contributed by atoms with E-state index in [1.165, 1.54) is 27.8 Å². The second-order valence-corrected chi connectivity index (χ2v) is 19.5. The van der Waals surface area contributed by atoms with E-state index in [0.29, 0.717) is 11.3 Å². The summed E-state index contributed by atoms with van der Waals surface area (Å²) in [7, 11) is 0. The predicted octanol–water partition coefficient (Wildman–Crippen LogP) is 14.9. The molecule has 0 aliphatic carbocycles. The van der Waals surface area contributed by atoms with Gasteiger partial charge in [-0.3, -0.25) is 4.90 Å². The molecule has 0 bridgehead atoms. The molecule has 7 rings (SSSR count). The minimum absolute atomic E-state index is 0.0679. The average molecular weight is 778 g/mol. The standard InChI is InChI=1S/C55H59N3O/c1-52(2,3)42-29-39(30-45(34-42)58(51-26-17-18-27-56-51)46-35-43(53(4,5)6)33-44(36-46)54(7,8)9)48-31-38(32-49(57-48)47-24-15-16-25-50(47)59)37-20-19-23-41(28-37)55(10,11)40-21-13-12-14-22-40/h12-36,59H,1-11H3. The lowest BCUT2D eigenvalue weighted by Crippen LogP contribution is -2.20. The molecule has 0 radical (unpaired) electrons. The second kappa shape index (κ2) is 15.6. The van der Waals surface area contributed by atoms with Crippen molar-refractivity contribution in [2.24, 2.45) is 0 Å². The lowest BCUT2D eigenvalue weighted by Gasteiger charge is -2.32. The number of aromatic nitrogens is 2. The largest absolute Gasteiger partial charge is 0.507 e. The van der Waals surface area contributed by atoms with Gasteiger partial charge in [-0.1, -0.05) is 155 Å². The smallest absolute Gasteiger partial charge is 0.137 e. The van der Waals surface area contributed by atoms with Crippen molar-refractivity contribution in [3.8, 4) is 39.4 Å². The van der Waals surface area contributed by atoms with Crippen molar-refractivity contribution in [1.29, 1.82) is 0 Å². The Morgan fingerprint density at radius 2 is 0.966 bits per heavy atom. The number of nitrogens with zero attached hydrogens (tertiary/aromatic N) is 3. The molecule has 7 aromatic rings. The maximum absolute atomic E-state index is 11.2. The maximum Gasteiger partial charge on any atom is 0.137 e. The van der Waals surface area contributed by atoms with Crippen LogP contribution in [0, 0.1) is 0 Å². The molecule has 0 saturated carbocycles. The van der Waals surface area contributed by atoms with Gasteiger partial charge in [0.25, 0.3) is 0 Å². The van der Waals surface area contributed by atoms with Crippen LogP contribution in [0.3, 0.4) is 0 Å². The molecule has 5 aromatic carbocycles. The highest BCUT2D eigenvalue weighted by atomic mass is 16.3. The van der Waals surface area contributed by atoms with E-state index in [0.717, 1.165) is 39.6 Å². The summed E-state index contributed by atoms with van der Waals surface area (Å²) in [5.41, 5.74) is 13.0. The summed E-state index contributed by atoms with van der Waals surface area (Å²) in [5, 5.41) is 11.2. The minimum Gasteiger partial charge on any atom is -0.507 e. The van der Waals surface area contributed by atoms with Crippen LogP contribution in [0.1, 0.15) is 104 Å². The molecule has 0 unspecified atom stereocenters. The number of hydrogen-bond donors (Lipinski definition) is 1. The molecule has 0 aliphatic heterocycles. The molecule has 0 amide bonds. The number of benzene rings is 5. The summed E-state index contributed by atoms with van der Waals surface area (Å²) in [4.78, 5) is 12.6. The summed E-state index contributed by atoms with van der Waals surface area (Å²) >= 11 is 0. The fourth-order valence-electron chi connectivity index (χ4n) is 7.61. The van der Waals surface area contributed by atoms with Crippen molar-refractivity contribution < 1.29 is 5.11 Å². The van der Waals surface area contributed by atoms with Crippen LogP contribution in [0.25, 0.3) is 33.6 Å². The third kappa shape index (κ3) is 8.88. The van der Waals surface area contributed by atoms with Crippen LogP contribution < -0.4 is 4.90 Å². The van der Waals surface area contributed by atoms with Gasteiger partial charge in [-0.25, -0.2) is 9.97 Å². The number of phenolic OH excluding ortho intramolecular Hbond substituents is 1. The Morgan fingerprint density at radius 3 is 1.58 bits per heavy atom. The van der Waals surface area contributed by atoms with Crippen LogP contribution in [-0.4, -0.2) is 15.1 Å². The maximum atomic E-state index is 11.2. The number of hydrogen-bond acceptors (Lipinski definition) is 4. The van der Waals surface area contributed by atoms with Crippen LogP contribution in [0.5, 0.6) is 5.75 Å². The summed E-state index contributed by atoms with van der Waals surface area (Å²) in [6, 6.07) is 51.3. The Kier molecular flexibility index (Phi) is 10.9. The van der Waals surface area contributed by atoms with E-state index in [1.54, 1.807) is 6.07 Å². The quantitative estimate of drug-likeness (QED) is 0.167. The summed E-state index contributed by atoms with van der Waals surface area (Å²) < 4.78 is 0. The number of anilines is 3. The Hall–Kier alpha value is -6.00. The number of aromatic hydroxyl groups is 1. The fourth-order valence-corrected chi connectivity index (χ4v) is 7.61. The molecule has 0 saturated heterocycles. The average Bonchev–Trinajstić information content (AvgIpc) is 3.20. The Balaban J connectivity index is 1.48. The van der Waals surface area contributed by atoms with Crippen molar-refractivity contribution in [2.45, 2.75) is 97.8 Å². The van der Waals surface area contributed by atoms with E-state index in [4.69, 9.17) is 9.97 Å². The predicted molar refractivity (Wildman–Crippen MR) is 249 cm³/mol. The van der Waals surface area contributed by atoms with Gasteiger partial charge < -0.3 is 5.11 Å². The highest BCUT2D eigenvalue weighted by molar-refractivity contribution is 5.83. The number of rotatable bonds is 8. The minimum atomic E-state index is -0.213. The zero-order valence-electron chi connectivity index (χ0n) is 36.7. The van der Waals surface area contributed by atoms with E-state index in [2.05, 4.69) is 196 Å². The van der Waals surface area contributed by atoms with Crippen molar-refractivity contribution in [1.82, 2.24) is 9.97 Å². The molecule has 4 nitrogen and oxygen atoms in total. The van der Waals surface area contributed by atoms with Gasteiger partial charge in [-0.05, 0) is 122 Å². The fraction of sp³-hybridized carbons (Fsp3) is 0.273. The summed E-state index contributed by atoms with van der Waals surface area (Å²) in [5.74, 6) is 1.03. The highest BCUT2D eigenvalue weighted by Gasteiger charge is 2.27. The number of pyridine rings is 2. The van der Waals surface area contributed by atoms with Gasteiger partial charge in [0, 0.05) is 34.1 Å². The zero-order chi connectivity index (χ0) is 42.3. The first-order valence-electron chi connectivity index (χ1n) is 20.8. The van der Waals surface area contributed by atoms with Crippen LogP contribution >= 0.6 is 0 Å². The number of para-hydroxylation sites is 1. The summed E-state index contributed by atoms with van der Waals surface area (Å²) in [6.07, 6.45) is 1.87. The van der Waals surface area contributed by atoms with Gasteiger partial charge in [0.1, 0.15) is 11.6 Å². The molecular formula is C55H59N3O. The van der Waals surface area contributed by atoms with Crippen molar-refractivity contribution in [3.63, 3.8) is 0 Å². The first-order chi connectivity index (χ1) is 27.8. The third-order valence-electron chi connectivity index (χ3n) is 11.5. The van der Waals surface area contributed by atoms with E-state index < -0.39 is 0 Å². The third-order valence-corrected chi connectivity index (χ3v) is 11.5. The molecule has 4 heteroatoms.